The van der Waals surface area contributed by atoms with Crippen LogP contribution in [0.25, 0.3) is 0 Å². The Bertz CT molecular complexity index is 425. The fourth-order valence-electron chi connectivity index (χ4n) is 1.98. The van der Waals surface area contributed by atoms with Crippen molar-refractivity contribution in [3.05, 3.63) is 18.0 Å². The normalized spacial score (nSPS) is 23.6. The minimum atomic E-state index is -0.747. The lowest BCUT2D eigenvalue weighted by atomic mass is 10.0. The van der Waals surface area contributed by atoms with Crippen LogP contribution in [0.3, 0.4) is 0 Å². The lowest BCUT2D eigenvalue weighted by Crippen LogP contribution is -2.43. The molecular formula is C12H19N3O2S. The molecule has 1 aromatic heterocycles. The summed E-state index contributed by atoms with van der Waals surface area (Å²) in [6, 6.07) is 1.84. The Hall–Kier alpha value is -1.01. The van der Waals surface area contributed by atoms with Crippen molar-refractivity contribution in [1.82, 2.24) is 15.1 Å². The van der Waals surface area contributed by atoms with Gasteiger partial charge in [0, 0.05) is 24.5 Å². The molecule has 0 aliphatic carbocycles. The SMILES string of the molecule is CC(C)n1nccc1C(=O)NCC1(O)CCSC1. The molecule has 2 heterocycles. The fraction of sp³-hybridized carbons (Fsp3) is 0.667. The van der Waals surface area contributed by atoms with E-state index in [4.69, 9.17) is 0 Å². The number of nitrogens with zero attached hydrogens (tertiary/aromatic N) is 2. The molecule has 1 amide bonds. The maximum Gasteiger partial charge on any atom is 0.269 e. The van der Waals surface area contributed by atoms with Crippen LogP contribution in [-0.4, -0.2) is 44.4 Å². The zero-order valence-corrected chi connectivity index (χ0v) is 11.5. The Morgan fingerprint density at radius 1 is 1.72 bits per heavy atom. The van der Waals surface area contributed by atoms with E-state index >= 15 is 0 Å². The maximum atomic E-state index is 12.0. The quantitative estimate of drug-likeness (QED) is 0.858. The molecule has 1 fully saturated rings. The molecule has 1 unspecified atom stereocenters. The van der Waals surface area contributed by atoms with Crippen LogP contribution in [0.2, 0.25) is 0 Å². The van der Waals surface area contributed by atoms with E-state index in [2.05, 4.69) is 10.4 Å². The van der Waals surface area contributed by atoms with Crippen molar-refractivity contribution in [2.24, 2.45) is 0 Å². The zero-order valence-electron chi connectivity index (χ0n) is 10.7. The highest BCUT2D eigenvalue weighted by Crippen LogP contribution is 2.27. The van der Waals surface area contributed by atoms with Crippen LogP contribution < -0.4 is 5.32 Å². The molecule has 1 aromatic rings. The first-order valence-corrected chi connectivity index (χ1v) is 7.29. The molecule has 0 spiro atoms. The summed E-state index contributed by atoms with van der Waals surface area (Å²) in [4.78, 5) is 12.0. The van der Waals surface area contributed by atoms with Crippen molar-refractivity contribution in [3.8, 4) is 0 Å². The van der Waals surface area contributed by atoms with Gasteiger partial charge >= 0.3 is 0 Å². The van der Waals surface area contributed by atoms with Gasteiger partial charge in [0.1, 0.15) is 5.69 Å². The first-order chi connectivity index (χ1) is 8.52. The predicted molar refractivity (Wildman–Crippen MR) is 71.8 cm³/mol. The Balaban J connectivity index is 1.97. The smallest absolute Gasteiger partial charge is 0.269 e. The molecule has 6 heteroatoms. The monoisotopic (exact) mass is 269 g/mol. The highest BCUT2D eigenvalue weighted by molar-refractivity contribution is 7.99. The molecule has 2 rings (SSSR count). The number of aromatic nitrogens is 2. The molecule has 2 N–H and O–H groups in total. The Morgan fingerprint density at radius 2 is 2.50 bits per heavy atom. The van der Waals surface area contributed by atoms with E-state index in [0.717, 1.165) is 12.2 Å². The van der Waals surface area contributed by atoms with E-state index in [1.807, 2.05) is 13.8 Å². The number of hydrogen-bond donors (Lipinski definition) is 2. The van der Waals surface area contributed by atoms with Crippen LogP contribution in [-0.2, 0) is 0 Å². The minimum Gasteiger partial charge on any atom is -0.387 e. The lowest BCUT2D eigenvalue weighted by Gasteiger charge is -2.21. The standard InChI is InChI=1S/C12H19N3O2S/c1-9(2)15-10(3-5-14-15)11(16)13-7-12(17)4-6-18-8-12/h3,5,9,17H,4,6-8H2,1-2H3,(H,13,16). The predicted octanol–water partition coefficient (Wildman–Crippen LogP) is 1.06. The maximum absolute atomic E-state index is 12.0. The summed E-state index contributed by atoms with van der Waals surface area (Å²) < 4.78 is 1.68. The number of thioether (sulfide) groups is 1. The molecule has 5 nitrogen and oxygen atoms in total. The highest BCUT2D eigenvalue weighted by Gasteiger charge is 2.32. The third-order valence-electron chi connectivity index (χ3n) is 3.05. The average Bonchev–Trinajstić information content (AvgIpc) is 2.95. The van der Waals surface area contributed by atoms with E-state index < -0.39 is 5.60 Å². The van der Waals surface area contributed by atoms with Gasteiger partial charge in [-0.1, -0.05) is 0 Å². The molecule has 0 bridgehead atoms. The van der Waals surface area contributed by atoms with Gasteiger partial charge in [0.15, 0.2) is 0 Å². The largest absolute Gasteiger partial charge is 0.387 e. The minimum absolute atomic E-state index is 0.144. The van der Waals surface area contributed by atoms with Gasteiger partial charge in [0.2, 0.25) is 0 Å². The second-order valence-electron chi connectivity index (χ2n) is 4.96. The van der Waals surface area contributed by atoms with Crippen LogP contribution >= 0.6 is 11.8 Å². The summed E-state index contributed by atoms with van der Waals surface area (Å²) in [5, 5.41) is 17.1. The molecule has 1 aliphatic heterocycles. The fourth-order valence-corrected chi connectivity index (χ4v) is 3.27. The van der Waals surface area contributed by atoms with E-state index in [-0.39, 0.29) is 11.9 Å². The van der Waals surface area contributed by atoms with Crippen molar-refractivity contribution in [2.45, 2.75) is 31.9 Å². The number of rotatable bonds is 4. The number of nitrogens with one attached hydrogen (secondary N) is 1. The van der Waals surface area contributed by atoms with Gasteiger partial charge in [-0.2, -0.15) is 16.9 Å². The summed E-state index contributed by atoms with van der Waals surface area (Å²) in [7, 11) is 0. The number of carbonyl (C=O) groups excluding carboxylic acids is 1. The third-order valence-corrected chi connectivity index (χ3v) is 4.29. The molecule has 1 saturated heterocycles. The third kappa shape index (κ3) is 2.87. The summed E-state index contributed by atoms with van der Waals surface area (Å²) >= 11 is 1.72. The molecule has 0 radical (unpaired) electrons. The molecule has 18 heavy (non-hydrogen) atoms. The van der Waals surface area contributed by atoms with Gasteiger partial charge in [-0.3, -0.25) is 9.48 Å². The van der Waals surface area contributed by atoms with Crippen molar-refractivity contribution >= 4 is 17.7 Å². The Labute approximate surface area is 111 Å². The molecule has 1 aliphatic rings. The van der Waals surface area contributed by atoms with Gasteiger partial charge in [-0.25, -0.2) is 0 Å². The van der Waals surface area contributed by atoms with E-state index in [1.54, 1.807) is 28.7 Å². The van der Waals surface area contributed by atoms with Gasteiger partial charge in [-0.05, 0) is 32.1 Å². The molecular weight excluding hydrogens is 250 g/mol. The van der Waals surface area contributed by atoms with Gasteiger partial charge in [0.05, 0.1) is 5.60 Å². The Morgan fingerprint density at radius 3 is 3.11 bits per heavy atom. The lowest BCUT2D eigenvalue weighted by molar-refractivity contribution is 0.0608. The topological polar surface area (TPSA) is 67.2 Å². The molecule has 0 aromatic carbocycles. The van der Waals surface area contributed by atoms with Crippen LogP contribution in [0.4, 0.5) is 0 Å². The summed E-state index contributed by atoms with van der Waals surface area (Å²) in [5.74, 6) is 1.47. The van der Waals surface area contributed by atoms with Crippen molar-refractivity contribution < 1.29 is 9.90 Å². The number of hydrogen-bond acceptors (Lipinski definition) is 4. The summed E-state index contributed by atoms with van der Waals surface area (Å²) in [6.07, 6.45) is 2.36. The van der Waals surface area contributed by atoms with Crippen LogP contribution in [0.1, 0.15) is 36.8 Å². The zero-order chi connectivity index (χ0) is 13.2. The second-order valence-corrected chi connectivity index (χ2v) is 6.07. The van der Waals surface area contributed by atoms with Crippen LogP contribution in [0.15, 0.2) is 12.3 Å². The van der Waals surface area contributed by atoms with Crippen molar-refractivity contribution in [1.29, 1.82) is 0 Å². The van der Waals surface area contributed by atoms with Crippen LogP contribution in [0.5, 0.6) is 0 Å². The first-order valence-electron chi connectivity index (χ1n) is 6.14. The molecule has 1 atom stereocenters. The first kappa shape index (κ1) is 13.4. The van der Waals surface area contributed by atoms with Gasteiger partial charge < -0.3 is 10.4 Å². The van der Waals surface area contributed by atoms with Crippen LogP contribution in [0, 0.1) is 0 Å². The van der Waals surface area contributed by atoms with Crippen molar-refractivity contribution in [3.63, 3.8) is 0 Å². The summed E-state index contributed by atoms with van der Waals surface area (Å²) in [5.41, 5.74) is -0.206. The van der Waals surface area contributed by atoms with E-state index in [0.29, 0.717) is 18.0 Å². The van der Waals surface area contributed by atoms with E-state index in [9.17, 15) is 9.90 Å². The average molecular weight is 269 g/mol. The molecule has 100 valence electrons. The Kier molecular flexibility index (Phi) is 3.97. The number of aliphatic hydroxyl groups is 1. The second kappa shape index (κ2) is 5.32. The number of amides is 1. The molecule has 0 saturated carbocycles. The van der Waals surface area contributed by atoms with Gasteiger partial charge in [0.25, 0.3) is 5.91 Å². The van der Waals surface area contributed by atoms with Gasteiger partial charge in [-0.15, -0.1) is 0 Å². The van der Waals surface area contributed by atoms with E-state index in [1.165, 1.54) is 0 Å². The summed E-state index contributed by atoms with van der Waals surface area (Å²) in [6.45, 7) is 4.26. The van der Waals surface area contributed by atoms with Crippen molar-refractivity contribution in [2.75, 3.05) is 18.1 Å². The highest BCUT2D eigenvalue weighted by atomic mass is 32.2. The number of carbonyl (C=O) groups is 1.